The average Bonchev–Trinajstić information content (AvgIpc) is 2.97. The Bertz CT molecular complexity index is 1020. The number of hydrogen-bond donors (Lipinski definition) is 1. The molecule has 148 valence electrons. The number of nitrogen functional groups attached to an aromatic ring is 1. The van der Waals surface area contributed by atoms with Gasteiger partial charge in [0.25, 0.3) is 0 Å². The maximum Gasteiger partial charge on any atom is 0.149 e. The van der Waals surface area contributed by atoms with E-state index < -0.39 is 0 Å². The summed E-state index contributed by atoms with van der Waals surface area (Å²) < 4.78 is 0. The summed E-state index contributed by atoms with van der Waals surface area (Å²) in [5.41, 5.74) is 9.97. The quantitative estimate of drug-likeness (QED) is 0.669. The molecule has 3 heterocycles. The van der Waals surface area contributed by atoms with Gasteiger partial charge in [-0.25, -0.2) is 9.97 Å². The summed E-state index contributed by atoms with van der Waals surface area (Å²) in [5, 5.41) is 1.80. The summed E-state index contributed by atoms with van der Waals surface area (Å²) >= 11 is 7.91. The fourth-order valence-electron chi connectivity index (χ4n) is 3.92. The van der Waals surface area contributed by atoms with Crippen LogP contribution >= 0.6 is 22.9 Å². The molecule has 28 heavy (non-hydrogen) atoms. The van der Waals surface area contributed by atoms with E-state index in [-0.39, 0.29) is 6.04 Å². The van der Waals surface area contributed by atoms with Gasteiger partial charge in [-0.2, -0.15) is 0 Å². The number of anilines is 2. The van der Waals surface area contributed by atoms with E-state index in [2.05, 4.69) is 54.6 Å². The van der Waals surface area contributed by atoms with Gasteiger partial charge in [0, 0.05) is 41.8 Å². The molecule has 1 unspecified atom stereocenters. The number of benzene rings is 1. The third-order valence-electron chi connectivity index (χ3n) is 5.82. The minimum Gasteiger partial charge on any atom is -0.383 e. The smallest absolute Gasteiger partial charge is 0.149 e. The van der Waals surface area contributed by atoms with E-state index in [0.717, 1.165) is 47.2 Å². The summed E-state index contributed by atoms with van der Waals surface area (Å²) in [4.78, 5) is 16.6. The lowest BCUT2D eigenvalue weighted by molar-refractivity contribution is 0.192. The molecule has 0 amide bonds. The zero-order valence-corrected chi connectivity index (χ0v) is 18.4. The number of hydrogen-bond acceptors (Lipinski definition) is 6. The number of rotatable bonds is 3. The number of aryl methyl sites for hydroxylation is 3. The first-order valence-electron chi connectivity index (χ1n) is 9.63. The molecule has 0 radical (unpaired) electrons. The first kappa shape index (κ1) is 19.4. The summed E-state index contributed by atoms with van der Waals surface area (Å²) in [6.45, 7) is 12.3. The predicted octanol–water partition coefficient (Wildman–Crippen LogP) is 4.74. The standard InChI is InChI=1S/C21H26ClN5S/c1-12-5-6-16(22)11-17(12)27-9-7-26(8-10-27)14(3)20-24-19(23)18-13(2)15(4)28-21(18)25-20/h5-6,11,14H,7-10H2,1-4H3,(H2,23,24,25). The molecule has 1 aromatic carbocycles. The number of aromatic nitrogens is 2. The Morgan fingerprint density at radius 1 is 1.11 bits per heavy atom. The molecule has 4 rings (SSSR count). The Labute approximate surface area is 175 Å². The first-order valence-corrected chi connectivity index (χ1v) is 10.8. The highest BCUT2D eigenvalue weighted by Gasteiger charge is 2.26. The Morgan fingerprint density at radius 2 is 1.82 bits per heavy atom. The lowest BCUT2D eigenvalue weighted by Gasteiger charge is -2.39. The highest BCUT2D eigenvalue weighted by atomic mass is 35.5. The average molecular weight is 416 g/mol. The SMILES string of the molecule is Cc1ccc(Cl)cc1N1CCN(C(C)c2nc(N)c3c(C)c(C)sc3n2)CC1. The van der Waals surface area contributed by atoms with Gasteiger partial charge in [-0.1, -0.05) is 17.7 Å². The Kier molecular flexibility index (Phi) is 5.21. The van der Waals surface area contributed by atoms with E-state index in [1.165, 1.54) is 21.7 Å². The van der Waals surface area contributed by atoms with Gasteiger partial charge in [0.1, 0.15) is 16.5 Å². The van der Waals surface area contributed by atoms with Crippen molar-refractivity contribution in [1.82, 2.24) is 14.9 Å². The molecule has 1 aliphatic rings. The summed E-state index contributed by atoms with van der Waals surface area (Å²) in [7, 11) is 0. The molecular weight excluding hydrogens is 390 g/mol. The molecular formula is C21H26ClN5S. The lowest BCUT2D eigenvalue weighted by Crippen LogP contribution is -2.47. The highest BCUT2D eigenvalue weighted by Crippen LogP contribution is 2.34. The molecule has 0 bridgehead atoms. The molecule has 5 nitrogen and oxygen atoms in total. The Hall–Kier alpha value is -1.89. The third-order valence-corrected chi connectivity index (χ3v) is 7.16. The molecule has 1 saturated heterocycles. The molecule has 3 aromatic rings. The maximum absolute atomic E-state index is 6.28. The highest BCUT2D eigenvalue weighted by molar-refractivity contribution is 7.18. The lowest BCUT2D eigenvalue weighted by atomic mass is 10.1. The van der Waals surface area contributed by atoms with E-state index in [9.17, 15) is 0 Å². The molecule has 1 fully saturated rings. The fraction of sp³-hybridized carbons (Fsp3) is 0.429. The van der Waals surface area contributed by atoms with Crippen molar-refractivity contribution >= 4 is 44.7 Å². The zero-order valence-electron chi connectivity index (χ0n) is 16.8. The van der Waals surface area contributed by atoms with Crippen molar-refractivity contribution in [3.05, 3.63) is 45.1 Å². The number of halogens is 1. The molecule has 2 aromatic heterocycles. The number of nitrogens with two attached hydrogens (primary N) is 1. The van der Waals surface area contributed by atoms with E-state index in [1.807, 2.05) is 6.07 Å². The van der Waals surface area contributed by atoms with Crippen LogP contribution in [-0.2, 0) is 0 Å². The monoisotopic (exact) mass is 415 g/mol. The van der Waals surface area contributed by atoms with Crippen LogP contribution in [0.3, 0.4) is 0 Å². The minimum atomic E-state index is 0.136. The molecule has 1 aliphatic heterocycles. The Morgan fingerprint density at radius 3 is 2.54 bits per heavy atom. The molecule has 2 N–H and O–H groups in total. The van der Waals surface area contributed by atoms with E-state index in [1.54, 1.807) is 11.3 Å². The second-order valence-corrected chi connectivity index (χ2v) is 9.20. The minimum absolute atomic E-state index is 0.136. The number of thiophene rings is 1. The van der Waals surface area contributed by atoms with Crippen LogP contribution in [0.5, 0.6) is 0 Å². The molecule has 1 atom stereocenters. The van der Waals surface area contributed by atoms with Gasteiger partial charge in [-0.05, 0) is 51.0 Å². The normalized spacial score (nSPS) is 16.7. The fourth-order valence-corrected chi connectivity index (χ4v) is 5.13. The van der Waals surface area contributed by atoms with Crippen molar-refractivity contribution in [2.45, 2.75) is 33.7 Å². The van der Waals surface area contributed by atoms with Crippen LogP contribution in [0.25, 0.3) is 10.2 Å². The summed E-state index contributed by atoms with van der Waals surface area (Å²) in [5.74, 6) is 1.42. The molecule has 0 saturated carbocycles. The van der Waals surface area contributed by atoms with Crippen molar-refractivity contribution in [3.8, 4) is 0 Å². The van der Waals surface area contributed by atoms with Crippen LogP contribution in [-0.4, -0.2) is 41.0 Å². The van der Waals surface area contributed by atoms with Crippen LogP contribution in [0.2, 0.25) is 5.02 Å². The maximum atomic E-state index is 6.28. The molecule has 7 heteroatoms. The van der Waals surface area contributed by atoms with Gasteiger partial charge >= 0.3 is 0 Å². The van der Waals surface area contributed by atoms with Gasteiger partial charge in [-0.3, -0.25) is 4.90 Å². The van der Waals surface area contributed by atoms with Crippen LogP contribution in [0.1, 0.15) is 34.8 Å². The van der Waals surface area contributed by atoms with Gasteiger partial charge in [0.2, 0.25) is 0 Å². The van der Waals surface area contributed by atoms with Crippen molar-refractivity contribution in [2.24, 2.45) is 0 Å². The van der Waals surface area contributed by atoms with Crippen LogP contribution in [0, 0.1) is 20.8 Å². The van der Waals surface area contributed by atoms with Crippen molar-refractivity contribution in [3.63, 3.8) is 0 Å². The van der Waals surface area contributed by atoms with E-state index in [4.69, 9.17) is 22.3 Å². The van der Waals surface area contributed by atoms with Gasteiger partial charge in [0.15, 0.2) is 0 Å². The number of nitrogens with zero attached hydrogens (tertiary/aromatic N) is 4. The van der Waals surface area contributed by atoms with Gasteiger partial charge < -0.3 is 10.6 Å². The Balaban J connectivity index is 1.52. The van der Waals surface area contributed by atoms with E-state index >= 15 is 0 Å². The van der Waals surface area contributed by atoms with Crippen LogP contribution < -0.4 is 10.6 Å². The van der Waals surface area contributed by atoms with Gasteiger partial charge in [0.05, 0.1) is 11.4 Å². The number of fused-ring (bicyclic) bond motifs is 1. The van der Waals surface area contributed by atoms with Crippen molar-refractivity contribution in [2.75, 3.05) is 36.8 Å². The van der Waals surface area contributed by atoms with E-state index in [0.29, 0.717) is 5.82 Å². The number of piperazine rings is 1. The zero-order chi connectivity index (χ0) is 20.0. The largest absolute Gasteiger partial charge is 0.383 e. The van der Waals surface area contributed by atoms with Crippen molar-refractivity contribution in [1.29, 1.82) is 0 Å². The van der Waals surface area contributed by atoms with Crippen LogP contribution in [0.4, 0.5) is 11.5 Å². The van der Waals surface area contributed by atoms with Crippen molar-refractivity contribution < 1.29 is 0 Å². The first-order chi connectivity index (χ1) is 13.3. The topological polar surface area (TPSA) is 58.3 Å². The summed E-state index contributed by atoms with van der Waals surface area (Å²) in [6, 6.07) is 6.24. The second-order valence-electron chi connectivity index (χ2n) is 7.56. The third kappa shape index (κ3) is 3.45. The molecule has 0 aliphatic carbocycles. The predicted molar refractivity (Wildman–Crippen MR) is 120 cm³/mol. The van der Waals surface area contributed by atoms with Crippen LogP contribution in [0.15, 0.2) is 18.2 Å². The van der Waals surface area contributed by atoms with Gasteiger partial charge in [-0.15, -0.1) is 11.3 Å². The summed E-state index contributed by atoms with van der Waals surface area (Å²) in [6.07, 6.45) is 0. The molecule has 0 spiro atoms. The second kappa shape index (κ2) is 7.50.